The Kier molecular flexibility index (Phi) is 4.54. The number of carbonyl (C=O) groups is 1. The van der Waals surface area contributed by atoms with Crippen LogP contribution >= 0.6 is 0 Å². The number of nitrogens with zero attached hydrogens (tertiary/aromatic N) is 1. The molecule has 1 amide bonds. The maximum atomic E-state index is 11.0. The van der Waals surface area contributed by atoms with Crippen LogP contribution in [0.4, 0.5) is 0 Å². The predicted octanol–water partition coefficient (Wildman–Crippen LogP) is 0.167. The highest BCUT2D eigenvalue weighted by Crippen LogP contribution is 2.19. The number of likely N-dealkylation sites (tertiary alicyclic amines) is 1. The highest BCUT2D eigenvalue weighted by atomic mass is 16.1. The largest absolute Gasteiger partial charge is 0.369 e. The highest BCUT2D eigenvalue weighted by molar-refractivity contribution is 5.76. The molecular formula is C11H23N3O. The maximum absolute atomic E-state index is 11.0. The summed E-state index contributed by atoms with van der Waals surface area (Å²) in [6.45, 7) is 6.84. The van der Waals surface area contributed by atoms with Gasteiger partial charge >= 0.3 is 0 Å². The van der Waals surface area contributed by atoms with Gasteiger partial charge in [0.25, 0.3) is 0 Å². The Morgan fingerprint density at radius 1 is 1.60 bits per heavy atom. The van der Waals surface area contributed by atoms with Crippen molar-refractivity contribution in [3.05, 3.63) is 0 Å². The van der Waals surface area contributed by atoms with Gasteiger partial charge in [-0.15, -0.1) is 0 Å². The molecule has 0 aromatic rings. The molecule has 0 aromatic carbocycles. The minimum absolute atomic E-state index is 0.0585. The normalized spacial score (nSPS) is 30.1. The highest BCUT2D eigenvalue weighted by Gasteiger charge is 2.26. The third-order valence-corrected chi connectivity index (χ3v) is 3.42. The van der Waals surface area contributed by atoms with Gasteiger partial charge in [0.05, 0.1) is 0 Å². The molecular weight excluding hydrogens is 190 g/mol. The number of nitrogens with two attached hydrogens (primary N) is 2. The Bertz CT molecular complexity index is 220. The summed E-state index contributed by atoms with van der Waals surface area (Å²) in [6.07, 6.45) is 2.15. The summed E-state index contributed by atoms with van der Waals surface area (Å²) < 4.78 is 0. The Morgan fingerprint density at radius 2 is 2.27 bits per heavy atom. The van der Waals surface area contributed by atoms with Crippen molar-refractivity contribution in [1.82, 2.24) is 4.90 Å². The van der Waals surface area contributed by atoms with Crippen LogP contribution in [0.3, 0.4) is 0 Å². The van der Waals surface area contributed by atoms with Crippen LogP contribution in [-0.4, -0.2) is 36.5 Å². The fourth-order valence-corrected chi connectivity index (χ4v) is 2.20. The van der Waals surface area contributed by atoms with Crippen LogP contribution in [-0.2, 0) is 4.79 Å². The quantitative estimate of drug-likeness (QED) is 0.699. The summed E-state index contributed by atoms with van der Waals surface area (Å²) in [5.41, 5.74) is 11.3. The average Bonchev–Trinajstić information content (AvgIpc) is 2.20. The second-order valence-electron chi connectivity index (χ2n) is 4.68. The number of rotatable bonds is 4. The summed E-state index contributed by atoms with van der Waals surface area (Å²) in [5, 5.41) is 0. The van der Waals surface area contributed by atoms with E-state index in [1.807, 2.05) is 6.92 Å². The number of primary amides is 1. The van der Waals surface area contributed by atoms with E-state index in [4.69, 9.17) is 11.5 Å². The number of hydrogen-bond acceptors (Lipinski definition) is 3. The van der Waals surface area contributed by atoms with Crippen molar-refractivity contribution >= 4 is 5.91 Å². The van der Waals surface area contributed by atoms with Gasteiger partial charge in [-0.2, -0.15) is 0 Å². The predicted molar refractivity (Wildman–Crippen MR) is 61.2 cm³/mol. The van der Waals surface area contributed by atoms with Crippen molar-refractivity contribution < 1.29 is 4.79 Å². The van der Waals surface area contributed by atoms with Gasteiger partial charge in [-0.05, 0) is 18.9 Å². The molecule has 1 aliphatic rings. The summed E-state index contributed by atoms with van der Waals surface area (Å²) in [4.78, 5) is 13.3. The molecule has 0 saturated carbocycles. The van der Waals surface area contributed by atoms with E-state index in [0.717, 1.165) is 32.5 Å². The van der Waals surface area contributed by atoms with Gasteiger partial charge in [0.2, 0.25) is 5.91 Å². The minimum atomic E-state index is -0.210. The van der Waals surface area contributed by atoms with Crippen LogP contribution in [0.15, 0.2) is 0 Å². The van der Waals surface area contributed by atoms with E-state index in [0.29, 0.717) is 12.0 Å². The lowest BCUT2D eigenvalue weighted by Crippen LogP contribution is -2.48. The zero-order valence-corrected chi connectivity index (χ0v) is 9.78. The molecule has 0 aromatic heterocycles. The van der Waals surface area contributed by atoms with E-state index in [9.17, 15) is 4.79 Å². The first kappa shape index (κ1) is 12.5. The molecule has 4 heteroatoms. The van der Waals surface area contributed by atoms with Gasteiger partial charge in [-0.3, -0.25) is 4.79 Å². The molecule has 3 atom stereocenters. The summed E-state index contributed by atoms with van der Waals surface area (Å²) in [5.74, 6) is 0.300. The average molecular weight is 213 g/mol. The van der Waals surface area contributed by atoms with Crippen LogP contribution in [0.2, 0.25) is 0 Å². The zero-order chi connectivity index (χ0) is 11.4. The van der Waals surface area contributed by atoms with Crippen molar-refractivity contribution in [3.63, 3.8) is 0 Å². The van der Waals surface area contributed by atoms with Crippen LogP contribution in [0.25, 0.3) is 0 Å². The molecule has 0 spiro atoms. The molecule has 3 unspecified atom stereocenters. The molecule has 1 saturated heterocycles. The number of carbonyl (C=O) groups excluding carboxylic acids is 1. The first-order valence-electron chi connectivity index (χ1n) is 5.81. The van der Waals surface area contributed by atoms with E-state index in [1.165, 1.54) is 0 Å². The molecule has 0 radical (unpaired) electrons. The lowest BCUT2D eigenvalue weighted by Gasteiger charge is -2.37. The fourth-order valence-electron chi connectivity index (χ4n) is 2.20. The summed E-state index contributed by atoms with van der Waals surface area (Å²) in [7, 11) is 0. The minimum Gasteiger partial charge on any atom is -0.369 e. The zero-order valence-electron chi connectivity index (χ0n) is 9.78. The number of amides is 1. The summed E-state index contributed by atoms with van der Waals surface area (Å²) in [6, 6.07) is 0.329. The second-order valence-corrected chi connectivity index (χ2v) is 4.68. The molecule has 4 N–H and O–H groups in total. The fraction of sp³-hybridized carbons (Fsp3) is 0.909. The standard InChI is InChI=1S/C11H23N3O/c1-3-9-7-14(5-4-10(9)12)6-8(2)11(13)15/h8-10H,3-7,12H2,1-2H3,(H2,13,15). The van der Waals surface area contributed by atoms with Crippen molar-refractivity contribution in [2.75, 3.05) is 19.6 Å². The van der Waals surface area contributed by atoms with Crippen molar-refractivity contribution in [3.8, 4) is 0 Å². The van der Waals surface area contributed by atoms with E-state index >= 15 is 0 Å². The van der Waals surface area contributed by atoms with E-state index in [-0.39, 0.29) is 11.8 Å². The topological polar surface area (TPSA) is 72.3 Å². The SMILES string of the molecule is CCC1CN(CC(C)C(N)=O)CCC1N. The first-order valence-corrected chi connectivity index (χ1v) is 5.81. The van der Waals surface area contributed by atoms with Crippen molar-refractivity contribution in [2.24, 2.45) is 23.3 Å². The molecule has 4 nitrogen and oxygen atoms in total. The van der Waals surface area contributed by atoms with E-state index in [2.05, 4.69) is 11.8 Å². The Morgan fingerprint density at radius 3 is 2.80 bits per heavy atom. The van der Waals surface area contributed by atoms with Crippen LogP contribution in [0, 0.1) is 11.8 Å². The Labute approximate surface area is 92.0 Å². The monoisotopic (exact) mass is 213 g/mol. The molecule has 1 aliphatic heterocycles. The van der Waals surface area contributed by atoms with Crippen molar-refractivity contribution in [1.29, 1.82) is 0 Å². The molecule has 1 rings (SSSR count). The van der Waals surface area contributed by atoms with Crippen LogP contribution in [0.1, 0.15) is 26.7 Å². The Balaban J connectivity index is 2.41. The maximum Gasteiger partial charge on any atom is 0.221 e. The molecule has 1 fully saturated rings. The van der Waals surface area contributed by atoms with Crippen LogP contribution < -0.4 is 11.5 Å². The second kappa shape index (κ2) is 5.47. The number of hydrogen-bond donors (Lipinski definition) is 2. The lowest BCUT2D eigenvalue weighted by molar-refractivity contribution is -0.122. The van der Waals surface area contributed by atoms with Crippen LogP contribution in [0.5, 0.6) is 0 Å². The van der Waals surface area contributed by atoms with E-state index in [1.54, 1.807) is 0 Å². The third-order valence-electron chi connectivity index (χ3n) is 3.42. The van der Waals surface area contributed by atoms with Gasteiger partial charge < -0.3 is 16.4 Å². The molecule has 0 bridgehead atoms. The molecule has 88 valence electrons. The first-order chi connectivity index (χ1) is 7.04. The van der Waals surface area contributed by atoms with Gasteiger partial charge in [-0.1, -0.05) is 20.3 Å². The van der Waals surface area contributed by atoms with Gasteiger partial charge in [-0.25, -0.2) is 0 Å². The third kappa shape index (κ3) is 3.47. The summed E-state index contributed by atoms with van der Waals surface area (Å²) >= 11 is 0. The smallest absolute Gasteiger partial charge is 0.221 e. The van der Waals surface area contributed by atoms with Gasteiger partial charge in [0.1, 0.15) is 0 Å². The molecule has 15 heavy (non-hydrogen) atoms. The van der Waals surface area contributed by atoms with E-state index < -0.39 is 0 Å². The van der Waals surface area contributed by atoms with Crippen molar-refractivity contribution in [2.45, 2.75) is 32.7 Å². The molecule has 0 aliphatic carbocycles. The number of piperidine rings is 1. The lowest BCUT2D eigenvalue weighted by atomic mass is 9.90. The molecule has 1 heterocycles. The van der Waals surface area contributed by atoms with Gasteiger partial charge in [0, 0.05) is 25.0 Å². The Hall–Kier alpha value is -0.610. The van der Waals surface area contributed by atoms with Gasteiger partial charge in [0.15, 0.2) is 0 Å².